The van der Waals surface area contributed by atoms with Gasteiger partial charge in [0.1, 0.15) is 11.5 Å². The van der Waals surface area contributed by atoms with Gasteiger partial charge in [0.05, 0.1) is 18.0 Å². The van der Waals surface area contributed by atoms with E-state index in [1.165, 1.54) is 58.1 Å². The molecule has 8 heteroatoms. The number of azo groups is 1. The smallest absolute Gasteiger partial charge is 0.305 e. The predicted octanol–water partition coefficient (Wildman–Crippen LogP) is 10.3. The zero-order valence-corrected chi connectivity index (χ0v) is 25.7. The van der Waals surface area contributed by atoms with Gasteiger partial charge in [-0.1, -0.05) is 77.6 Å². The molecule has 0 aliphatic rings. The third kappa shape index (κ3) is 17.3. The Balaban J connectivity index is 1.69. The summed E-state index contributed by atoms with van der Waals surface area (Å²) >= 11 is 0. The highest BCUT2D eigenvalue weighted by atomic mass is 16.7. The summed E-state index contributed by atoms with van der Waals surface area (Å²) in [5, 5.41) is 8.65. The number of ether oxygens (including phenoxy) is 3. The van der Waals surface area contributed by atoms with Crippen molar-refractivity contribution in [3.8, 4) is 11.5 Å². The lowest BCUT2D eigenvalue weighted by Gasteiger charge is -2.18. The number of rotatable bonds is 24. The number of hydrogen-bond donors (Lipinski definition) is 0. The first-order valence-electron chi connectivity index (χ1n) is 15.8. The van der Waals surface area contributed by atoms with E-state index in [1.54, 1.807) is 0 Å². The molecule has 0 saturated carbocycles. The average molecular weight is 579 g/mol. The van der Waals surface area contributed by atoms with Gasteiger partial charge >= 0.3 is 5.97 Å². The maximum absolute atomic E-state index is 11.6. The second-order valence-electron chi connectivity index (χ2n) is 10.7. The maximum Gasteiger partial charge on any atom is 0.305 e. The van der Waals surface area contributed by atoms with Crippen LogP contribution in [-0.2, 0) is 9.53 Å². The lowest BCUT2D eigenvalue weighted by molar-refractivity contribution is -0.161. The van der Waals surface area contributed by atoms with E-state index in [9.17, 15) is 4.79 Å². The van der Waals surface area contributed by atoms with Gasteiger partial charge in [-0.2, -0.15) is 15.0 Å². The Hall–Kier alpha value is -3.51. The molecule has 1 unspecified atom stereocenters. The van der Waals surface area contributed by atoms with Crippen LogP contribution in [0.25, 0.3) is 5.53 Å². The quantitative estimate of drug-likeness (QED) is 0.0308. The average Bonchev–Trinajstić information content (AvgIpc) is 2.99. The molecule has 2 aromatic rings. The van der Waals surface area contributed by atoms with Gasteiger partial charge in [-0.05, 0) is 67.8 Å². The zero-order chi connectivity index (χ0) is 30.1. The molecular formula is C34H50N4O4. The minimum Gasteiger partial charge on any atom is -0.494 e. The fourth-order valence-electron chi connectivity index (χ4n) is 4.53. The van der Waals surface area contributed by atoms with Crippen LogP contribution in [0.2, 0.25) is 0 Å². The van der Waals surface area contributed by atoms with E-state index in [2.05, 4.69) is 21.9 Å². The van der Waals surface area contributed by atoms with Gasteiger partial charge in [-0.15, -0.1) is 0 Å². The number of unbranched alkanes of at least 4 members (excludes halogenated alkanes) is 13. The van der Waals surface area contributed by atoms with Crippen molar-refractivity contribution in [3.63, 3.8) is 0 Å². The van der Waals surface area contributed by atoms with Crippen LogP contribution in [0.3, 0.4) is 0 Å². The molecule has 0 spiro atoms. The SMILES string of the molecule is CCCCCCCCCCOc1ccc(N=Nc2ccc(OC(CCCCCCCCC=[N+]=[N-])OC(C)=O)cc2)cc1. The minimum absolute atomic E-state index is 0.361. The Morgan fingerprint density at radius 1 is 0.762 bits per heavy atom. The number of hydrogen-bond acceptors (Lipinski definition) is 6. The van der Waals surface area contributed by atoms with E-state index in [1.807, 2.05) is 48.5 Å². The van der Waals surface area contributed by atoms with Gasteiger partial charge in [0.15, 0.2) is 0 Å². The van der Waals surface area contributed by atoms with Gasteiger partial charge < -0.3 is 19.7 Å². The lowest BCUT2D eigenvalue weighted by atomic mass is 10.1. The third-order valence-corrected chi connectivity index (χ3v) is 6.89. The second-order valence-corrected chi connectivity index (χ2v) is 10.7. The van der Waals surface area contributed by atoms with E-state index in [0.29, 0.717) is 17.9 Å². The summed E-state index contributed by atoms with van der Waals surface area (Å²) in [6, 6.07) is 14.9. The third-order valence-electron chi connectivity index (χ3n) is 6.89. The topological polar surface area (TPSA) is 106 Å². The number of benzene rings is 2. The highest BCUT2D eigenvalue weighted by Crippen LogP contribution is 2.24. The van der Waals surface area contributed by atoms with Gasteiger partial charge in [-0.3, -0.25) is 4.79 Å². The Labute approximate surface area is 252 Å². The first kappa shape index (κ1) is 34.7. The van der Waals surface area contributed by atoms with Crippen LogP contribution in [-0.4, -0.2) is 29.9 Å². The van der Waals surface area contributed by atoms with Crippen molar-refractivity contribution in [2.75, 3.05) is 6.61 Å². The summed E-state index contributed by atoms with van der Waals surface area (Å²) in [6.45, 7) is 4.39. The molecule has 0 heterocycles. The molecule has 0 saturated heterocycles. The van der Waals surface area contributed by atoms with Crippen LogP contribution in [0.5, 0.6) is 11.5 Å². The van der Waals surface area contributed by atoms with E-state index < -0.39 is 6.29 Å². The Morgan fingerprint density at radius 2 is 1.29 bits per heavy atom. The molecule has 8 nitrogen and oxygen atoms in total. The van der Waals surface area contributed by atoms with Gasteiger partial charge in [0.2, 0.25) is 6.29 Å². The van der Waals surface area contributed by atoms with E-state index in [-0.39, 0.29) is 5.97 Å². The summed E-state index contributed by atoms with van der Waals surface area (Å²) in [4.78, 5) is 14.6. The standard InChI is InChI=1S/C34H50N4O4/c1-3-4-5-6-7-11-14-17-28-40-32-23-19-30(20-24-32)37-38-31-21-25-33(26-22-31)42-34(41-29(2)39)18-15-12-9-8-10-13-16-27-36-35/h19-27,34H,3-18,28H2,1-2H3. The number of carbonyl (C=O) groups excluding carboxylic acids is 1. The van der Waals surface area contributed by atoms with Crippen LogP contribution < -0.4 is 9.47 Å². The molecular weight excluding hydrogens is 528 g/mol. The van der Waals surface area contributed by atoms with Gasteiger partial charge in [0, 0.05) is 19.8 Å². The van der Waals surface area contributed by atoms with Crippen LogP contribution in [0, 0.1) is 0 Å². The fourth-order valence-corrected chi connectivity index (χ4v) is 4.53. The maximum atomic E-state index is 11.6. The lowest BCUT2D eigenvalue weighted by Crippen LogP contribution is -2.23. The minimum atomic E-state index is -0.618. The summed E-state index contributed by atoms with van der Waals surface area (Å²) in [6.07, 6.45) is 19.0. The van der Waals surface area contributed by atoms with Crippen molar-refractivity contribution in [1.29, 1.82) is 0 Å². The van der Waals surface area contributed by atoms with Crippen molar-refractivity contribution in [3.05, 3.63) is 54.1 Å². The van der Waals surface area contributed by atoms with E-state index >= 15 is 0 Å². The zero-order valence-electron chi connectivity index (χ0n) is 25.7. The molecule has 0 radical (unpaired) electrons. The molecule has 230 valence electrons. The first-order chi connectivity index (χ1) is 20.6. The van der Waals surface area contributed by atoms with Crippen LogP contribution in [0.4, 0.5) is 11.4 Å². The summed E-state index contributed by atoms with van der Waals surface area (Å²) in [5.74, 6) is 1.11. The van der Waals surface area contributed by atoms with Crippen molar-refractivity contribution in [2.45, 2.75) is 123 Å². The molecule has 42 heavy (non-hydrogen) atoms. The predicted molar refractivity (Wildman–Crippen MR) is 168 cm³/mol. The fraction of sp³-hybridized carbons (Fsp3) is 0.588. The first-order valence-corrected chi connectivity index (χ1v) is 15.8. The van der Waals surface area contributed by atoms with Crippen molar-refractivity contribution >= 4 is 23.6 Å². The van der Waals surface area contributed by atoms with E-state index in [0.717, 1.165) is 69.4 Å². The largest absolute Gasteiger partial charge is 0.494 e. The molecule has 0 fully saturated rings. The summed E-state index contributed by atoms with van der Waals surface area (Å²) in [7, 11) is 0. The highest BCUT2D eigenvalue weighted by Gasteiger charge is 2.13. The number of nitrogens with zero attached hydrogens (tertiary/aromatic N) is 4. The number of carbonyl (C=O) groups is 1. The number of esters is 1. The van der Waals surface area contributed by atoms with Crippen molar-refractivity contribution in [2.24, 2.45) is 10.2 Å². The molecule has 0 bridgehead atoms. The molecule has 2 aromatic carbocycles. The Bertz CT molecular complexity index is 1050. The van der Waals surface area contributed by atoms with Crippen molar-refractivity contribution in [1.82, 2.24) is 0 Å². The van der Waals surface area contributed by atoms with Crippen molar-refractivity contribution < 1.29 is 23.8 Å². The summed E-state index contributed by atoms with van der Waals surface area (Å²) in [5.41, 5.74) is 9.86. The normalized spacial score (nSPS) is 11.7. The highest BCUT2D eigenvalue weighted by molar-refractivity contribution is 5.66. The van der Waals surface area contributed by atoms with Gasteiger partial charge in [0.25, 0.3) is 6.21 Å². The second kappa shape index (κ2) is 23.1. The molecule has 0 amide bonds. The monoisotopic (exact) mass is 578 g/mol. The Kier molecular flexibility index (Phi) is 19.1. The molecule has 0 aromatic heterocycles. The molecule has 0 aliphatic heterocycles. The molecule has 0 aliphatic carbocycles. The van der Waals surface area contributed by atoms with Gasteiger partial charge in [-0.25, -0.2) is 0 Å². The molecule has 0 N–H and O–H groups in total. The molecule has 2 rings (SSSR count). The van der Waals surface area contributed by atoms with E-state index in [4.69, 9.17) is 19.7 Å². The molecule has 1 atom stereocenters. The van der Waals surface area contributed by atoms with Crippen LogP contribution in [0.1, 0.15) is 117 Å². The Morgan fingerprint density at radius 3 is 1.86 bits per heavy atom. The van der Waals surface area contributed by atoms with Crippen LogP contribution >= 0.6 is 0 Å². The summed E-state index contributed by atoms with van der Waals surface area (Å²) < 4.78 is 17.2. The van der Waals surface area contributed by atoms with Crippen LogP contribution in [0.15, 0.2) is 58.8 Å².